The molecule has 0 heterocycles. The van der Waals surface area contributed by atoms with Crippen LogP contribution in [-0.4, -0.2) is 45.2 Å². The largest absolute Gasteiger partial charge is 0.493 e. The van der Waals surface area contributed by atoms with Crippen molar-refractivity contribution in [2.75, 3.05) is 34.5 Å². The lowest BCUT2D eigenvalue weighted by Crippen LogP contribution is -2.45. The van der Waals surface area contributed by atoms with Gasteiger partial charge in [0.1, 0.15) is 12.4 Å². The molecule has 0 aromatic heterocycles. The SMILES string of the molecule is COc1cc(OCC(C)(N)CO)cc(OC)c1OC. The van der Waals surface area contributed by atoms with Gasteiger partial charge >= 0.3 is 0 Å². The highest BCUT2D eigenvalue weighted by atomic mass is 16.5. The molecule has 3 N–H and O–H groups in total. The van der Waals surface area contributed by atoms with Crippen molar-refractivity contribution in [1.82, 2.24) is 0 Å². The normalized spacial score (nSPS) is 13.6. The van der Waals surface area contributed by atoms with Crippen LogP contribution >= 0.6 is 0 Å². The second-order valence-electron chi connectivity index (χ2n) is 4.46. The van der Waals surface area contributed by atoms with E-state index in [9.17, 15) is 0 Å². The van der Waals surface area contributed by atoms with E-state index in [2.05, 4.69) is 0 Å². The van der Waals surface area contributed by atoms with E-state index < -0.39 is 5.54 Å². The Bertz CT molecular complexity index is 394. The molecule has 0 amide bonds. The molecule has 6 heteroatoms. The predicted molar refractivity (Wildman–Crippen MR) is 71.3 cm³/mol. The lowest BCUT2D eigenvalue weighted by molar-refractivity contribution is 0.145. The first-order valence-electron chi connectivity index (χ1n) is 5.80. The lowest BCUT2D eigenvalue weighted by Gasteiger charge is -2.22. The van der Waals surface area contributed by atoms with Gasteiger partial charge in [0.25, 0.3) is 0 Å². The summed E-state index contributed by atoms with van der Waals surface area (Å²) >= 11 is 0. The molecule has 1 rings (SSSR count). The number of methoxy groups -OCH3 is 3. The third kappa shape index (κ3) is 3.90. The second kappa shape index (κ2) is 6.49. The average molecular weight is 271 g/mol. The maximum atomic E-state index is 9.08. The Labute approximate surface area is 113 Å². The average Bonchev–Trinajstić information content (AvgIpc) is 2.43. The summed E-state index contributed by atoms with van der Waals surface area (Å²) < 4.78 is 21.2. The van der Waals surface area contributed by atoms with Gasteiger partial charge in [-0.25, -0.2) is 0 Å². The molecule has 0 radical (unpaired) electrons. The van der Waals surface area contributed by atoms with Crippen LogP contribution in [0.25, 0.3) is 0 Å². The van der Waals surface area contributed by atoms with Crippen LogP contribution in [0.15, 0.2) is 12.1 Å². The van der Waals surface area contributed by atoms with E-state index in [0.717, 1.165) is 0 Å². The summed E-state index contributed by atoms with van der Waals surface area (Å²) in [4.78, 5) is 0. The summed E-state index contributed by atoms with van der Waals surface area (Å²) in [6, 6.07) is 3.35. The Kier molecular flexibility index (Phi) is 5.26. The molecule has 1 unspecified atom stereocenters. The van der Waals surface area contributed by atoms with Gasteiger partial charge in [0.15, 0.2) is 11.5 Å². The maximum absolute atomic E-state index is 9.08. The molecule has 6 nitrogen and oxygen atoms in total. The van der Waals surface area contributed by atoms with Gasteiger partial charge in [0.05, 0.1) is 33.5 Å². The highest BCUT2D eigenvalue weighted by Gasteiger charge is 2.19. The molecule has 0 saturated carbocycles. The standard InChI is InChI=1S/C13H21NO5/c1-13(14,7-15)8-19-9-5-10(16-2)12(18-4)11(6-9)17-3/h5-6,15H,7-8,14H2,1-4H3. The third-order valence-corrected chi connectivity index (χ3v) is 2.57. The number of ether oxygens (including phenoxy) is 4. The van der Waals surface area contributed by atoms with Crippen molar-refractivity contribution in [3.8, 4) is 23.0 Å². The molecular weight excluding hydrogens is 250 g/mol. The third-order valence-electron chi connectivity index (χ3n) is 2.57. The van der Waals surface area contributed by atoms with Crippen molar-refractivity contribution in [2.45, 2.75) is 12.5 Å². The zero-order valence-electron chi connectivity index (χ0n) is 11.7. The summed E-state index contributed by atoms with van der Waals surface area (Å²) in [6.45, 7) is 1.70. The van der Waals surface area contributed by atoms with E-state index in [1.807, 2.05) is 0 Å². The van der Waals surface area contributed by atoms with Crippen molar-refractivity contribution in [3.05, 3.63) is 12.1 Å². The molecule has 0 spiro atoms. The quantitative estimate of drug-likeness (QED) is 0.763. The molecule has 108 valence electrons. The van der Waals surface area contributed by atoms with Crippen LogP contribution < -0.4 is 24.7 Å². The molecule has 0 aliphatic heterocycles. The molecule has 1 atom stereocenters. The van der Waals surface area contributed by atoms with E-state index in [0.29, 0.717) is 23.0 Å². The fourth-order valence-corrected chi connectivity index (χ4v) is 1.43. The summed E-state index contributed by atoms with van der Waals surface area (Å²) in [7, 11) is 4.59. The molecule has 0 aliphatic rings. The van der Waals surface area contributed by atoms with Gasteiger partial charge < -0.3 is 29.8 Å². The molecule has 0 bridgehead atoms. The zero-order valence-corrected chi connectivity index (χ0v) is 11.7. The number of benzene rings is 1. The minimum atomic E-state index is -0.805. The lowest BCUT2D eigenvalue weighted by atomic mass is 10.1. The van der Waals surface area contributed by atoms with Gasteiger partial charge in [0, 0.05) is 12.1 Å². The van der Waals surface area contributed by atoms with Crippen LogP contribution in [0.3, 0.4) is 0 Å². The Morgan fingerprint density at radius 2 is 1.63 bits per heavy atom. The fraction of sp³-hybridized carbons (Fsp3) is 0.538. The van der Waals surface area contributed by atoms with Crippen molar-refractivity contribution in [2.24, 2.45) is 5.73 Å². The molecule has 19 heavy (non-hydrogen) atoms. The van der Waals surface area contributed by atoms with Crippen LogP contribution in [0, 0.1) is 0 Å². The Morgan fingerprint density at radius 3 is 2.00 bits per heavy atom. The smallest absolute Gasteiger partial charge is 0.203 e. The number of hydrogen-bond acceptors (Lipinski definition) is 6. The highest BCUT2D eigenvalue weighted by Crippen LogP contribution is 2.40. The first-order chi connectivity index (χ1) is 8.97. The summed E-state index contributed by atoms with van der Waals surface area (Å²) in [5, 5.41) is 9.08. The monoisotopic (exact) mass is 271 g/mol. The van der Waals surface area contributed by atoms with Gasteiger partial charge in [-0.3, -0.25) is 0 Å². The number of nitrogens with two attached hydrogens (primary N) is 1. The highest BCUT2D eigenvalue weighted by molar-refractivity contribution is 5.55. The number of rotatable bonds is 7. The first-order valence-corrected chi connectivity index (χ1v) is 5.80. The van der Waals surface area contributed by atoms with E-state index in [4.69, 9.17) is 29.8 Å². The second-order valence-corrected chi connectivity index (χ2v) is 4.46. The van der Waals surface area contributed by atoms with E-state index >= 15 is 0 Å². The van der Waals surface area contributed by atoms with Crippen molar-refractivity contribution >= 4 is 0 Å². The van der Waals surface area contributed by atoms with Crippen molar-refractivity contribution in [1.29, 1.82) is 0 Å². The van der Waals surface area contributed by atoms with Crippen LogP contribution in [0.4, 0.5) is 0 Å². The Hall–Kier alpha value is -1.66. The molecule has 0 aliphatic carbocycles. The van der Waals surface area contributed by atoms with Crippen LogP contribution in [0.2, 0.25) is 0 Å². The van der Waals surface area contributed by atoms with Crippen LogP contribution in [0.1, 0.15) is 6.92 Å². The number of aliphatic hydroxyl groups is 1. The van der Waals surface area contributed by atoms with Gasteiger partial charge in [-0.15, -0.1) is 0 Å². The zero-order chi connectivity index (χ0) is 14.5. The van der Waals surface area contributed by atoms with Gasteiger partial charge in [-0.2, -0.15) is 0 Å². The van der Waals surface area contributed by atoms with Crippen molar-refractivity contribution < 1.29 is 24.1 Å². The van der Waals surface area contributed by atoms with E-state index in [-0.39, 0.29) is 13.2 Å². The Balaban J connectivity index is 2.97. The number of aliphatic hydroxyl groups excluding tert-OH is 1. The first kappa shape index (κ1) is 15.4. The Morgan fingerprint density at radius 1 is 1.11 bits per heavy atom. The van der Waals surface area contributed by atoms with E-state index in [1.165, 1.54) is 21.3 Å². The summed E-state index contributed by atoms with van der Waals surface area (Å²) in [5.41, 5.74) is 4.99. The fourth-order valence-electron chi connectivity index (χ4n) is 1.43. The molecule has 1 aromatic rings. The van der Waals surface area contributed by atoms with Crippen LogP contribution in [0.5, 0.6) is 23.0 Å². The van der Waals surface area contributed by atoms with E-state index in [1.54, 1.807) is 19.1 Å². The molecular formula is C13H21NO5. The summed E-state index contributed by atoms with van der Waals surface area (Å²) in [5.74, 6) is 2.02. The summed E-state index contributed by atoms with van der Waals surface area (Å²) in [6.07, 6.45) is 0. The molecule has 0 fully saturated rings. The topological polar surface area (TPSA) is 83.2 Å². The molecule has 1 aromatic carbocycles. The molecule has 0 saturated heterocycles. The van der Waals surface area contributed by atoms with Crippen molar-refractivity contribution in [3.63, 3.8) is 0 Å². The van der Waals surface area contributed by atoms with Gasteiger partial charge in [0.2, 0.25) is 5.75 Å². The predicted octanol–water partition coefficient (Wildman–Crippen LogP) is 0.801. The van der Waals surface area contributed by atoms with Gasteiger partial charge in [-0.1, -0.05) is 0 Å². The maximum Gasteiger partial charge on any atom is 0.203 e. The number of hydrogen-bond donors (Lipinski definition) is 2. The van der Waals surface area contributed by atoms with Gasteiger partial charge in [-0.05, 0) is 6.92 Å². The minimum absolute atomic E-state index is 0.169. The minimum Gasteiger partial charge on any atom is -0.493 e. The van der Waals surface area contributed by atoms with Crippen LogP contribution in [-0.2, 0) is 0 Å².